The van der Waals surface area contributed by atoms with Gasteiger partial charge in [0.1, 0.15) is 0 Å². The van der Waals surface area contributed by atoms with Gasteiger partial charge >= 0.3 is 0 Å². The number of rotatable bonds is 9. The minimum absolute atomic E-state index is 0.639. The molecule has 0 aromatic rings. The van der Waals surface area contributed by atoms with Gasteiger partial charge in [0, 0.05) is 11.9 Å². The molecule has 0 aliphatic carbocycles. The van der Waals surface area contributed by atoms with E-state index in [1.54, 1.807) is 0 Å². The Morgan fingerprint density at radius 3 is 2.54 bits per heavy atom. The molecule has 1 unspecified atom stereocenters. The summed E-state index contributed by atoms with van der Waals surface area (Å²) in [7, 11) is 0. The molecule has 0 saturated heterocycles. The summed E-state index contributed by atoms with van der Waals surface area (Å²) in [6.45, 7) is 5.66. The fourth-order valence-corrected chi connectivity index (χ4v) is 1.54. The van der Waals surface area contributed by atoms with Crippen molar-refractivity contribution in [2.75, 3.05) is 12.4 Å². The molecule has 1 N–H and O–H groups in total. The average Bonchev–Trinajstić information content (AvgIpc) is 2.14. The van der Waals surface area contributed by atoms with Crippen molar-refractivity contribution in [3.05, 3.63) is 0 Å². The number of halogens is 1. The molecule has 0 saturated carbocycles. The molecule has 13 heavy (non-hydrogen) atoms. The molecule has 1 atom stereocenters. The molecule has 0 aromatic heterocycles. The van der Waals surface area contributed by atoms with Crippen LogP contribution < -0.4 is 5.32 Å². The average molecular weight is 206 g/mol. The smallest absolute Gasteiger partial charge is 0.0224 e. The summed E-state index contributed by atoms with van der Waals surface area (Å²) in [6.07, 6.45) is 7.71. The highest BCUT2D eigenvalue weighted by molar-refractivity contribution is 6.17. The zero-order chi connectivity index (χ0) is 9.94. The third kappa shape index (κ3) is 10.2. The van der Waals surface area contributed by atoms with Gasteiger partial charge in [-0.25, -0.2) is 0 Å². The molecular formula is C11H24ClN. The van der Waals surface area contributed by atoms with Crippen LogP contribution in [0.3, 0.4) is 0 Å². The van der Waals surface area contributed by atoms with Crippen LogP contribution in [0.1, 0.15) is 52.4 Å². The highest BCUT2D eigenvalue weighted by atomic mass is 35.5. The van der Waals surface area contributed by atoms with Crippen molar-refractivity contribution < 1.29 is 0 Å². The topological polar surface area (TPSA) is 12.0 Å². The maximum absolute atomic E-state index is 5.62. The maximum Gasteiger partial charge on any atom is 0.0224 e. The van der Waals surface area contributed by atoms with E-state index in [9.17, 15) is 0 Å². The molecule has 0 bridgehead atoms. The Morgan fingerprint density at radius 2 is 1.92 bits per heavy atom. The minimum Gasteiger partial charge on any atom is -0.314 e. The van der Waals surface area contributed by atoms with Crippen LogP contribution in [-0.4, -0.2) is 18.5 Å². The standard InChI is InChI=1S/C11H24ClN/c1-3-4-5-6-10-13-11(2)8-7-9-12/h11,13H,3-10H2,1-2H3. The predicted octanol–water partition coefficient (Wildman–Crippen LogP) is 3.56. The molecule has 80 valence electrons. The number of unbranched alkanes of at least 4 members (excludes halogenated alkanes) is 3. The minimum atomic E-state index is 0.639. The van der Waals surface area contributed by atoms with E-state index in [4.69, 9.17) is 11.6 Å². The molecule has 1 nitrogen and oxygen atoms in total. The lowest BCUT2D eigenvalue weighted by Gasteiger charge is -2.12. The van der Waals surface area contributed by atoms with Gasteiger partial charge in [-0.3, -0.25) is 0 Å². The van der Waals surface area contributed by atoms with Crippen LogP contribution in [0.15, 0.2) is 0 Å². The van der Waals surface area contributed by atoms with Crippen molar-refractivity contribution in [3.8, 4) is 0 Å². The molecule has 0 fully saturated rings. The fourth-order valence-electron chi connectivity index (χ4n) is 1.39. The first-order chi connectivity index (χ1) is 6.31. The molecule has 0 heterocycles. The van der Waals surface area contributed by atoms with Gasteiger partial charge in [-0.05, 0) is 32.7 Å². The van der Waals surface area contributed by atoms with Crippen molar-refractivity contribution in [1.29, 1.82) is 0 Å². The van der Waals surface area contributed by atoms with E-state index in [0.29, 0.717) is 6.04 Å². The van der Waals surface area contributed by atoms with Crippen molar-refractivity contribution in [1.82, 2.24) is 5.32 Å². The van der Waals surface area contributed by atoms with E-state index in [1.807, 2.05) is 0 Å². The van der Waals surface area contributed by atoms with E-state index >= 15 is 0 Å². The zero-order valence-electron chi connectivity index (χ0n) is 9.11. The molecule has 0 spiro atoms. The molecule has 0 aromatic carbocycles. The predicted molar refractivity (Wildman–Crippen MR) is 61.6 cm³/mol. The highest BCUT2D eigenvalue weighted by Crippen LogP contribution is 2.00. The third-order valence-corrected chi connectivity index (χ3v) is 2.56. The summed E-state index contributed by atoms with van der Waals surface area (Å²) in [5.74, 6) is 0.794. The van der Waals surface area contributed by atoms with Crippen LogP contribution in [-0.2, 0) is 0 Å². The zero-order valence-corrected chi connectivity index (χ0v) is 9.87. The molecule has 0 amide bonds. The molecule has 2 heteroatoms. The second-order valence-electron chi connectivity index (χ2n) is 3.75. The van der Waals surface area contributed by atoms with E-state index < -0.39 is 0 Å². The number of alkyl halides is 1. The number of hydrogen-bond donors (Lipinski definition) is 1. The SMILES string of the molecule is CCCCCCNC(C)CCCCl. The lowest BCUT2D eigenvalue weighted by atomic mass is 10.1. The van der Waals surface area contributed by atoms with Crippen LogP contribution in [0.25, 0.3) is 0 Å². The summed E-state index contributed by atoms with van der Waals surface area (Å²) in [6, 6.07) is 0.639. The van der Waals surface area contributed by atoms with Gasteiger partial charge in [0.25, 0.3) is 0 Å². The van der Waals surface area contributed by atoms with E-state index in [1.165, 1.54) is 38.6 Å². The largest absolute Gasteiger partial charge is 0.314 e. The summed E-state index contributed by atoms with van der Waals surface area (Å²) >= 11 is 5.62. The van der Waals surface area contributed by atoms with E-state index in [2.05, 4.69) is 19.2 Å². The summed E-state index contributed by atoms with van der Waals surface area (Å²) in [4.78, 5) is 0. The first kappa shape index (κ1) is 13.2. The normalized spacial score (nSPS) is 13.2. The second kappa shape index (κ2) is 10.3. The first-order valence-corrected chi connectivity index (χ1v) is 6.14. The van der Waals surface area contributed by atoms with Gasteiger partial charge in [0.05, 0.1) is 0 Å². The highest BCUT2D eigenvalue weighted by Gasteiger charge is 1.98. The lowest BCUT2D eigenvalue weighted by molar-refractivity contribution is 0.491. The fraction of sp³-hybridized carbons (Fsp3) is 1.00. The van der Waals surface area contributed by atoms with E-state index in [0.717, 1.165) is 12.3 Å². The number of hydrogen-bond acceptors (Lipinski definition) is 1. The van der Waals surface area contributed by atoms with Gasteiger partial charge in [-0.2, -0.15) is 0 Å². The molecule has 0 aliphatic heterocycles. The number of nitrogens with one attached hydrogen (secondary N) is 1. The summed E-state index contributed by atoms with van der Waals surface area (Å²) in [5, 5.41) is 3.52. The van der Waals surface area contributed by atoms with Crippen LogP contribution in [0.4, 0.5) is 0 Å². The quantitative estimate of drug-likeness (QED) is 0.449. The van der Waals surface area contributed by atoms with Crippen molar-refractivity contribution in [3.63, 3.8) is 0 Å². The van der Waals surface area contributed by atoms with Crippen LogP contribution in [0.5, 0.6) is 0 Å². The van der Waals surface area contributed by atoms with Gasteiger partial charge in [-0.1, -0.05) is 26.2 Å². The third-order valence-electron chi connectivity index (χ3n) is 2.29. The Labute approximate surface area is 88.2 Å². The van der Waals surface area contributed by atoms with Crippen LogP contribution in [0, 0.1) is 0 Å². The maximum atomic E-state index is 5.62. The Hall–Kier alpha value is 0.250. The first-order valence-electron chi connectivity index (χ1n) is 5.60. The van der Waals surface area contributed by atoms with Gasteiger partial charge in [0.15, 0.2) is 0 Å². The Balaban J connectivity index is 3.03. The summed E-state index contributed by atoms with van der Waals surface area (Å²) < 4.78 is 0. The molecule has 0 rings (SSSR count). The molecule has 0 radical (unpaired) electrons. The lowest BCUT2D eigenvalue weighted by Crippen LogP contribution is -2.26. The Kier molecular flexibility index (Phi) is 10.5. The van der Waals surface area contributed by atoms with Crippen molar-refractivity contribution >= 4 is 11.6 Å². The van der Waals surface area contributed by atoms with Gasteiger partial charge in [-0.15, -0.1) is 11.6 Å². The monoisotopic (exact) mass is 205 g/mol. The van der Waals surface area contributed by atoms with Crippen molar-refractivity contribution in [2.24, 2.45) is 0 Å². The van der Waals surface area contributed by atoms with Gasteiger partial charge in [0.2, 0.25) is 0 Å². The molecular weight excluding hydrogens is 182 g/mol. The van der Waals surface area contributed by atoms with E-state index in [-0.39, 0.29) is 0 Å². The van der Waals surface area contributed by atoms with Crippen LogP contribution in [0.2, 0.25) is 0 Å². The van der Waals surface area contributed by atoms with Gasteiger partial charge < -0.3 is 5.32 Å². The second-order valence-corrected chi connectivity index (χ2v) is 4.13. The van der Waals surface area contributed by atoms with Crippen LogP contribution >= 0.6 is 11.6 Å². The molecule has 0 aliphatic rings. The van der Waals surface area contributed by atoms with Crippen molar-refractivity contribution in [2.45, 2.75) is 58.4 Å². The summed E-state index contributed by atoms with van der Waals surface area (Å²) in [5.41, 5.74) is 0. The Morgan fingerprint density at radius 1 is 1.15 bits per heavy atom. The Bertz CT molecular complexity index is 96.1.